The standard InChI is InChI=1S/C15H18BrNO3/c1-10-5-6-17(12(10)9-16)15(18)11-3-2-4-13-14(11)20-8-7-19-13/h2-4,10,12H,5-9H2,1H3. The van der Waals surface area contributed by atoms with E-state index in [2.05, 4.69) is 22.9 Å². The van der Waals surface area contributed by atoms with E-state index < -0.39 is 0 Å². The van der Waals surface area contributed by atoms with Gasteiger partial charge in [-0.25, -0.2) is 0 Å². The van der Waals surface area contributed by atoms with Crippen molar-refractivity contribution < 1.29 is 14.3 Å². The molecule has 0 N–H and O–H groups in total. The highest BCUT2D eigenvalue weighted by Crippen LogP contribution is 2.36. The Hall–Kier alpha value is -1.23. The molecule has 0 aromatic heterocycles. The minimum absolute atomic E-state index is 0.0427. The SMILES string of the molecule is CC1CCN(C(=O)c2cccc3c2OCCO3)C1CBr. The predicted molar refractivity (Wildman–Crippen MR) is 79.8 cm³/mol. The van der Waals surface area contributed by atoms with Crippen LogP contribution >= 0.6 is 15.9 Å². The fraction of sp³-hybridized carbons (Fsp3) is 0.533. The van der Waals surface area contributed by atoms with Crippen LogP contribution in [0, 0.1) is 5.92 Å². The largest absolute Gasteiger partial charge is 0.486 e. The van der Waals surface area contributed by atoms with E-state index in [9.17, 15) is 4.79 Å². The number of carbonyl (C=O) groups is 1. The Balaban J connectivity index is 1.91. The highest BCUT2D eigenvalue weighted by atomic mass is 79.9. The summed E-state index contributed by atoms with van der Waals surface area (Å²) >= 11 is 3.52. The first-order valence-corrected chi connectivity index (χ1v) is 8.10. The van der Waals surface area contributed by atoms with E-state index in [4.69, 9.17) is 9.47 Å². The maximum atomic E-state index is 12.8. The normalized spacial score (nSPS) is 24.8. The van der Waals surface area contributed by atoms with Gasteiger partial charge in [-0.15, -0.1) is 0 Å². The van der Waals surface area contributed by atoms with Crippen LogP contribution in [-0.4, -0.2) is 41.9 Å². The van der Waals surface area contributed by atoms with Crippen molar-refractivity contribution in [2.24, 2.45) is 5.92 Å². The highest BCUT2D eigenvalue weighted by molar-refractivity contribution is 9.09. The number of halogens is 1. The van der Waals surface area contributed by atoms with Crippen molar-refractivity contribution in [3.05, 3.63) is 23.8 Å². The zero-order chi connectivity index (χ0) is 14.1. The highest BCUT2D eigenvalue weighted by Gasteiger charge is 2.35. The topological polar surface area (TPSA) is 38.8 Å². The molecule has 1 fully saturated rings. The van der Waals surface area contributed by atoms with E-state index in [1.165, 1.54) is 0 Å². The van der Waals surface area contributed by atoms with Crippen molar-refractivity contribution in [2.45, 2.75) is 19.4 Å². The Labute approximate surface area is 127 Å². The molecule has 1 aromatic carbocycles. The van der Waals surface area contributed by atoms with Gasteiger partial charge in [-0.3, -0.25) is 4.79 Å². The number of hydrogen-bond acceptors (Lipinski definition) is 3. The maximum Gasteiger partial charge on any atom is 0.258 e. The van der Waals surface area contributed by atoms with Gasteiger partial charge in [0.2, 0.25) is 0 Å². The maximum absolute atomic E-state index is 12.8. The summed E-state index contributed by atoms with van der Waals surface area (Å²) in [6.07, 6.45) is 1.05. The van der Waals surface area contributed by atoms with Crippen molar-refractivity contribution in [2.75, 3.05) is 25.1 Å². The van der Waals surface area contributed by atoms with Gasteiger partial charge in [0.25, 0.3) is 5.91 Å². The molecule has 1 saturated heterocycles. The van der Waals surface area contributed by atoms with Crippen LogP contribution in [0.5, 0.6) is 11.5 Å². The van der Waals surface area contributed by atoms with E-state index in [0.717, 1.165) is 18.3 Å². The number of likely N-dealkylation sites (tertiary alicyclic amines) is 1. The van der Waals surface area contributed by atoms with Crippen LogP contribution in [0.25, 0.3) is 0 Å². The average Bonchev–Trinajstić information content (AvgIpc) is 2.86. The summed E-state index contributed by atoms with van der Waals surface area (Å²) in [5.41, 5.74) is 0.613. The second-order valence-electron chi connectivity index (χ2n) is 5.32. The molecular formula is C15H18BrNO3. The predicted octanol–water partition coefficient (Wildman–Crippen LogP) is 2.70. The van der Waals surface area contributed by atoms with E-state index in [0.29, 0.717) is 36.2 Å². The zero-order valence-electron chi connectivity index (χ0n) is 11.5. The molecule has 20 heavy (non-hydrogen) atoms. The number of para-hydroxylation sites is 1. The Morgan fingerprint density at radius 3 is 3.00 bits per heavy atom. The number of nitrogens with zero attached hydrogens (tertiary/aromatic N) is 1. The number of amides is 1. The number of rotatable bonds is 2. The molecule has 2 atom stereocenters. The van der Waals surface area contributed by atoms with Crippen molar-refractivity contribution in [1.29, 1.82) is 0 Å². The van der Waals surface area contributed by atoms with Crippen LogP contribution in [0.4, 0.5) is 0 Å². The smallest absolute Gasteiger partial charge is 0.258 e. The lowest BCUT2D eigenvalue weighted by atomic mass is 10.0. The molecule has 2 unspecified atom stereocenters. The summed E-state index contributed by atoms with van der Waals surface area (Å²) in [6.45, 7) is 4.03. The van der Waals surface area contributed by atoms with Crippen LogP contribution in [0.15, 0.2) is 18.2 Å². The van der Waals surface area contributed by atoms with Gasteiger partial charge < -0.3 is 14.4 Å². The van der Waals surface area contributed by atoms with E-state index >= 15 is 0 Å². The molecule has 4 nitrogen and oxygen atoms in total. The third-order valence-corrected chi connectivity index (χ3v) is 4.76. The van der Waals surface area contributed by atoms with E-state index in [-0.39, 0.29) is 11.9 Å². The van der Waals surface area contributed by atoms with Gasteiger partial charge in [0.05, 0.1) is 5.56 Å². The van der Waals surface area contributed by atoms with E-state index in [1.807, 2.05) is 23.1 Å². The molecule has 2 heterocycles. The van der Waals surface area contributed by atoms with Crippen molar-refractivity contribution >= 4 is 21.8 Å². The zero-order valence-corrected chi connectivity index (χ0v) is 13.1. The molecule has 0 radical (unpaired) electrons. The molecular weight excluding hydrogens is 322 g/mol. The molecule has 0 saturated carbocycles. The Bertz CT molecular complexity index is 520. The molecule has 1 amide bonds. The number of ether oxygens (including phenoxy) is 2. The lowest BCUT2D eigenvalue weighted by Crippen LogP contribution is -2.39. The molecule has 1 aromatic rings. The second kappa shape index (κ2) is 5.64. The van der Waals surface area contributed by atoms with Crippen LogP contribution in [0.3, 0.4) is 0 Å². The Kier molecular flexibility index (Phi) is 3.87. The van der Waals surface area contributed by atoms with Gasteiger partial charge >= 0.3 is 0 Å². The van der Waals surface area contributed by atoms with Crippen molar-refractivity contribution in [3.63, 3.8) is 0 Å². The Morgan fingerprint density at radius 1 is 1.40 bits per heavy atom. The number of benzene rings is 1. The van der Waals surface area contributed by atoms with Crippen molar-refractivity contribution in [3.8, 4) is 11.5 Å². The third kappa shape index (κ3) is 2.28. The molecule has 108 valence electrons. The van der Waals surface area contributed by atoms with Crippen LogP contribution < -0.4 is 9.47 Å². The molecule has 0 bridgehead atoms. The first-order valence-electron chi connectivity index (χ1n) is 6.98. The van der Waals surface area contributed by atoms with Gasteiger partial charge in [0.15, 0.2) is 11.5 Å². The lowest BCUT2D eigenvalue weighted by molar-refractivity contribution is 0.0728. The van der Waals surface area contributed by atoms with Gasteiger partial charge in [0, 0.05) is 17.9 Å². The number of fused-ring (bicyclic) bond motifs is 1. The van der Waals surface area contributed by atoms with Gasteiger partial charge in [-0.1, -0.05) is 28.9 Å². The molecule has 2 aliphatic rings. The fourth-order valence-electron chi connectivity index (χ4n) is 2.89. The number of alkyl halides is 1. The Morgan fingerprint density at radius 2 is 2.20 bits per heavy atom. The monoisotopic (exact) mass is 339 g/mol. The number of carbonyl (C=O) groups excluding carboxylic acids is 1. The summed E-state index contributed by atoms with van der Waals surface area (Å²) in [7, 11) is 0. The molecule has 0 spiro atoms. The molecule has 2 aliphatic heterocycles. The lowest BCUT2D eigenvalue weighted by Gasteiger charge is -2.27. The first kappa shape index (κ1) is 13.7. The summed E-state index contributed by atoms with van der Waals surface area (Å²) in [5.74, 6) is 1.83. The van der Waals surface area contributed by atoms with Crippen LogP contribution in [-0.2, 0) is 0 Å². The third-order valence-electron chi connectivity index (χ3n) is 4.10. The van der Waals surface area contributed by atoms with Crippen LogP contribution in [0.1, 0.15) is 23.7 Å². The number of hydrogen-bond donors (Lipinski definition) is 0. The van der Waals surface area contributed by atoms with Crippen LogP contribution in [0.2, 0.25) is 0 Å². The average molecular weight is 340 g/mol. The summed E-state index contributed by atoms with van der Waals surface area (Å²) < 4.78 is 11.2. The van der Waals surface area contributed by atoms with Gasteiger partial charge in [0.1, 0.15) is 13.2 Å². The molecule has 5 heteroatoms. The second-order valence-corrected chi connectivity index (χ2v) is 5.96. The van der Waals surface area contributed by atoms with E-state index in [1.54, 1.807) is 0 Å². The first-order chi connectivity index (χ1) is 9.72. The fourth-order valence-corrected chi connectivity index (χ4v) is 3.88. The minimum Gasteiger partial charge on any atom is -0.486 e. The summed E-state index contributed by atoms with van der Waals surface area (Å²) in [4.78, 5) is 14.8. The molecule has 0 aliphatic carbocycles. The summed E-state index contributed by atoms with van der Waals surface area (Å²) in [5, 5.41) is 0.812. The van der Waals surface area contributed by atoms with Gasteiger partial charge in [-0.05, 0) is 24.5 Å². The molecule has 3 rings (SSSR count). The van der Waals surface area contributed by atoms with Gasteiger partial charge in [-0.2, -0.15) is 0 Å². The quantitative estimate of drug-likeness (QED) is 0.777. The summed E-state index contributed by atoms with van der Waals surface area (Å²) in [6, 6.07) is 5.77. The van der Waals surface area contributed by atoms with Crippen molar-refractivity contribution in [1.82, 2.24) is 4.90 Å². The minimum atomic E-state index is 0.0427.